The Morgan fingerprint density at radius 2 is 1.65 bits per heavy atom. The van der Waals surface area contributed by atoms with E-state index < -0.39 is 15.3 Å². The lowest BCUT2D eigenvalue weighted by atomic mass is 10.1. The number of piperazine rings is 1. The molecule has 8 nitrogen and oxygen atoms in total. The molecular weight excluding hydrogens is 476 g/mol. The minimum Gasteiger partial charge on any atom is -0.366 e. The first-order valence-electron chi connectivity index (χ1n) is 11.4. The van der Waals surface area contributed by atoms with Crippen molar-refractivity contribution in [2.24, 2.45) is 11.7 Å². The molecule has 34 heavy (non-hydrogen) atoms. The van der Waals surface area contributed by atoms with Crippen LogP contribution in [-0.2, 0) is 21.2 Å². The minimum atomic E-state index is -4.30. The van der Waals surface area contributed by atoms with Crippen LogP contribution in [0.15, 0.2) is 48.5 Å². The van der Waals surface area contributed by atoms with Crippen LogP contribution in [0.1, 0.15) is 24.8 Å². The highest BCUT2D eigenvalue weighted by molar-refractivity contribution is 8.07. The Labute approximate surface area is 205 Å². The van der Waals surface area contributed by atoms with E-state index in [1.807, 2.05) is 41.3 Å². The molecule has 0 radical (unpaired) electrons. The highest BCUT2D eigenvalue weighted by Gasteiger charge is 2.36. The number of carbonyl (C=O) groups excluding carboxylic acids is 2. The van der Waals surface area contributed by atoms with E-state index in [0.29, 0.717) is 49.7 Å². The summed E-state index contributed by atoms with van der Waals surface area (Å²) in [5, 5.41) is -0.676. The average molecular weight is 505 g/mol. The molecule has 2 aliphatic rings. The molecule has 0 spiro atoms. The lowest BCUT2D eigenvalue weighted by molar-refractivity contribution is -0.131. The van der Waals surface area contributed by atoms with Crippen molar-refractivity contribution in [2.45, 2.75) is 25.7 Å². The number of sulfonamides is 1. The van der Waals surface area contributed by atoms with E-state index in [0.717, 1.165) is 28.4 Å². The van der Waals surface area contributed by atoms with Crippen LogP contribution >= 0.6 is 11.6 Å². The maximum absolute atomic E-state index is 12.8. The smallest absolute Gasteiger partial charge is 0.354 e. The molecule has 2 amide bonds. The van der Waals surface area contributed by atoms with E-state index in [2.05, 4.69) is 4.90 Å². The van der Waals surface area contributed by atoms with Gasteiger partial charge in [-0.2, -0.15) is 8.42 Å². The number of nitrogens with two attached hydrogens (primary N) is 1. The van der Waals surface area contributed by atoms with Crippen molar-refractivity contribution in [2.75, 3.05) is 41.9 Å². The molecule has 10 heteroatoms. The van der Waals surface area contributed by atoms with E-state index in [9.17, 15) is 18.0 Å². The Balaban J connectivity index is 1.43. The number of rotatable bonds is 8. The molecule has 4 rings (SSSR count). The summed E-state index contributed by atoms with van der Waals surface area (Å²) in [6.07, 6.45) is 2.94. The number of carbonyl (C=O) groups is 2. The van der Waals surface area contributed by atoms with Gasteiger partial charge in [0.25, 0.3) is 0 Å². The number of hydrogen-bond acceptors (Lipinski definition) is 5. The molecule has 0 bridgehead atoms. The normalized spacial score (nSPS) is 16.4. The van der Waals surface area contributed by atoms with Crippen molar-refractivity contribution >= 4 is 44.1 Å². The van der Waals surface area contributed by atoms with Crippen LogP contribution in [0.3, 0.4) is 0 Å². The van der Waals surface area contributed by atoms with Crippen LogP contribution < -0.4 is 14.9 Å². The topological polar surface area (TPSA) is 104 Å². The molecule has 1 saturated carbocycles. The van der Waals surface area contributed by atoms with E-state index in [1.165, 1.54) is 0 Å². The zero-order valence-corrected chi connectivity index (χ0v) is 20.5. The summed E-state index contributed by atoms with van der Waals surface area (Å²) in [4.78, 5) is 28.4. The second-order valence-electron chi connectivity index (χ2n) is 8.78. The molecule has 2 aromatic carbocycles. The summed E-state index contributed by atoms with van der Waals surface area (Å²) in [5.41, 5.74) is 7.47. The Kier molecular flexibility index (Phi) is 7.33. The lowest BCUT2D eigenvalue weighted by Gasteiger charge is -2.38. The number of benzene rings is 2. The van der Waals surface area contributed by atoms with Gasteiger partial charge < -0.3 is 15.5 Å². The number of amides is 2. The number of para-hydroxylation sites is 2. The molecule has 0 unspecified atom stereocenters. The predicted octanol–water partition coefficient (Wildman–Crippen LogP) is 3.25. The molecule has 2 N–H and O–H groups in total. The third kappa shape index (κ3) is 5.64. The quantitative estimate of drug-likeness (QED) is 0.594. The van der Waals surface area contributed by atoms with Crippen molar-refractivity contribution < 1.29 is 18.0 Å². The molecule has 1 aliphatic carbocycles. The minimum absolute atomic E-state index is 0.0922. The predicted molar refractivity (Wildman–Crippen MR) is 134 cm³/mol. The number of primary amides is 1. The molecule has 0 aromatic heterocycles. The van der Waals surface area contributed by atoms with Crippen molar-refractivity contribution in [3.63, 3.8) is 0 Å². The Morgan fingerprint density at radius 3 is 2.26 bits per heavy atom. The fourth-order valence-corrected chi connectivity index (χ4v) is 5.33. The summed E-state index contributed by atoms with van der Waals surface area (Å²) < 4.78 is 26.7. The van der Waals surface area contributed by atoms with Crippen molar-refractivity contribution in [1.29, 1.82) is 0 Å². The van der Waals surface area contributed by atoms with Gasteiger partial charge in [0.05, 0.1) is 11.4 Å². The van der Waals surface area contributed by atoms with Crippen molar-refractivity contribution in [3.05, 3.63) is 59.1 Å². The molecule has 2 fully saturated rings. The summed E-state index contributed by atoms with van der Waals surface area (Å²) in [6, 6.07) is 14.7. The highest BCUT2D eigenvalue weighted by Crippen LogP contribution is 2.37. The Bertz CT molecular complexity index is 1140. The molecule has 2 aromatic rings. The molecule has 1 heterocycles. The standard InChI is InChI=1S/C24H29ClN4O4S/c25-20-10-7-18(8-11-20)9-12-23(30)28-15-13-27(14-16-28)21-3-1-2-4-22(21)29(17-19-5-6-19)34(32,33)24(26)31/h1-4,7-8,10-11,19H,5-6,9,12-17H2,(H2,26,31). The number of aryl methyl sites for hydroxylation is 1. The first kappa shape index (κ1) is 24.3. The van der Waals surface area contributed by atoms with E-state index in [1.54, 1.807) is 12.1 Å². The molecule has 1 aliphatic heterocycles. The zero-order valence-electron chi connectivity index (χ0n) is 18.9. The van der Waals surface area contributed by atoms with Gasteiger partial charge in [0.2, 0.25) is 5.91 Å². The van der Waals surface area contributed by atoms with Crippen molar-refractivity contribution in [1.82, 2.24) is 4.90 Å². The van der Waals surface area contributed by atoms with E-state index in [4.69, 9.17) is 17.3 Å². The first-order valence-corrected chi connectivity index (χ1v) is 13.3. The second kappa shape index (κ2) is 10.2. The monoisotopic (exact) mass is 504 g/mol. The summed E-state index contributed by atoms with van der Waals surface area (Å²) in [5.74, 6) is 0.326. The lowest BCUT2D eigenvalue weighted by Crippen LogP contribution is -2.49. The number of hydrogen-bond donors (Lipinski definition) is 1. The average Bonchev–Trinajstić information content (AvgIpc) is 3.66. The van der Waals surface area contributed by atoms with Gasteiger partial charge >= 0.3 is 15.3 Å². The number of anilines is 2. The number of halogens is 1. The third-order valence-electron chi connectivity index (χ3n) is 6.33. The SMILES string of the molecule is NC(=O)S(=O)(=O)N(CC1CC1)c1ccccc1N1CCN(C(=O)CCc2ccc(Cl)cc2)CC1. The maximum atomic E-state index is 12.8. The Hall–Kier alpha value is -2.78. The van der Waals surface area contributed by atoms with Gasteiger partial charge in [-0.3, -0.25) is 13.9 Å². The van der Waals surface area contributed by atoms with Crippen molar-refractivity contribution in [3.8, 4) is 0 Å². The second-order valence-corrected chi connectivity index (χ2v) is 11.0. The molecular formula is C24H29ClN4O4S. The van der Waals surface area contributed by atoms with Crippen LogP contribution in [0.25, 0.3) is 0 Å². The van der Waals surface area contributed by atoms with E-state index in [-0.39, 0.29) is 18.4 Å². The number of nitrogens with zero attached hydrogens (tertiary/aromatic N) is 3. The molecule has 182 valence electrons. The highest BCUT2D eigenvalue weighted by atomic mass is 35.5. The summed E-state index contributed by atoms with van der Waals surface area (Å²) >= 11 is 5.92. The third-order valence-corrected chi connectivity index (χ3v) is 8.02. The van der Waals surface area contributed by atoms with Gasteiger partial charge in [-0.1, -0.05) is 35.9 Å². The van der Waals surface area contributed by atoms with Crippen LogP contribution in [0.2, 0.25) is 5.02 Å². The van der Waals surface area contributed by atoms with Gasteiger partial charge in [-0.25, -0.2) is 0 Å². The van der Waals surface area contributed by atoms with Crippen LogP contribution in [-0.4, -0.2) is 57.2 Å². The van der Waals surface area contributed by atoms with E-state index >= 15 is 0 Å². The van der Waals surface area contributed by atoms with Crippen LogP contribution in [0.5, 0.6) is 0 Å². The first-order chi connectivity index (χ1) is 16.3. The summed E-state index contributed by atoms with van der Waals surface area (Å²) in [6.45, 7) is 2.46. The largest absolute Gasteiger partial charge is 0.366 e. The summed E-state index contributed by atoms with van der Waals surface area (Å²) in [7, 11) is -4.30. The maximum Gasteiger partial charge on any atom is 0.354 e. The van der Waals surface area contributed by atoms with Gasteiger partial charge in [-0.15, -0.1) is 0 Å². The zero-order chi connectivity index (χ0) is 24.3. The van der Waals surface area contributed by atoms with Crippen LogP contribution in [0, 0.1) is 5.92 Å². The van der Waals surface area contributed by atoms with Gasteiger partial charge in [0.15, 0.2) is 0 Å². The fraction of sp³-hybridized carbons (Fsp3) is 0.417. The van der Waals surface area contributed by atoms with Crippen LogP contribution in [0.4, 0.5) is 16.2 Å². The fourth-order valence-electron chi connectivity index (χ4n) is 4.17. The molecule has 1 saturated heterocycles. The van der Waals surface area contributed by atoms with Gasteiger partial charge in [-0.05, 0) is 55.0 Å². The molecule has 0 atom stereocenters. The Morgan fingerprint density at radius 1 is 1.00 bits per heavy atom. The van der Waals surface area contributed by atoms with Gasteiger partial charge in [0.1, 0.15) is 0 Å². The van der Waals surface area contributed by atoms with Gasteiger partial charge in [0, 0.05) is 44.2 Å².